The SMILES string of the molecule is CC1NNC(c2ccc(F)cc2)C1CC(=O)NCc1ccccn1. The smallest absolute Gasteiger partial charge is 0.220 e. The second-order valence-electron chi connectivity index (χ2n) is 6.07. The zero-order valence-corrected chi connectivity index (χ0v) is 13.5. The van der Waals surface area contributed by atoms with E-state index in [2.05, 4.69) is 21.2 Å². The second-order valence-corrected chi connectivity index (χ2v) is 6.07. The third-order valence-corrected chi connectivity index (χ3v) is 4.38. The van der Waals surface area contributed by atoms with Crippen LogP contribution in [0, 0.1) is 11.7 Å². The molecule has 3 unspecified atom stereocenters. The molecule has 0 aliphatic carbocycles. The topological polar surface area (TPSA) is 66.0 Å². The van der Waals surface area contributed by atoms with E-state index in [0.717, 1.165) is 11.3 Å². The van der Waals surface area contributed by atoms with Gasteiger partial charge in [0, 0.05) is 24.6 Å². The second kappa shape index (κ2) is 7.51. The van der Waals surface area contributed by atoms with Gasteiger partial charge in [0.2, 0.25) is 5.91 Å². The number of halogens is 1. The van der Waals surface area contributed by atoms with Crippen molar-refractivity contribution in [3.63, 3.8) is 0 Å². The summed E-state index contributed by atoms with van der Waals surface area (Å²) in [7, 11) is 0. The van der Waals surface area contributed by atoms with Crippen LogP contribution in [0.4, 0.5) is 4.39 Å². The van der Waals surface area contributed by atoms with Crippen molar-refractivity contribution in [2.45, 2.75) is 32.0 Å². The molecule has 1 aromatic heterocycles. The molecule has 1 aliphatic rings. The van der Waals surface area contributed by atoms with Gasteiger partial charge < -0.3 is 5.32 Å². The van der Waals surface area contributed by atoms with Gasteiger partial charge in [0.1, 0.15) is 5.82 Å². The summed E-state index contributed by atoms with van der Waals surface area (Å²) in [6, 6.07) is 12.1. The summed E-state index contributed by atoms with van der Waals surface area (Å²) in [5.74, 6) is -0.197. The molecule has 1 amide bonds. The fourth-order valence-electron chi connectivity index (χ4n) is 3.00. The molecule has 3 N–H and O–H groups in total. The molecule has 126 valence electrons. The third kappa shape index (κ3) is 3.96. The van der Waals surface area contributed by atoms with Crippen LogP contribution in [0.1, 0.15) is 30.6 Å². The lowest BCUT2D eigenvalue weighted by Crippen LogP contribution is -2.31. The molecule has 24 heavy (non-hydrogen) atoms. The van der Waals surface area contributed by atoms with Crippen LogP contribution in [0.15, 0.2) is 48.7 Å². The molecule has 2 aromatic rings. The predicted octanol–water partition coefficient (Wildman–Crippen LogP) is 2.08. The molecule has 0 saturated carbocycles. The van der Waals surface area contributed by atoms with E-state index < -0.39 is 0 Å². The zero-order chi connectivity index (χ0) is 16.9. The fraction of sp³-hybridized carbons (Fsp3) is 0.333. The van der Waals surface area contributed by atoms with E-state index in [4.69, 9.17) is 0 Å². The van der Waals surface area contributed by atoms with Crippen LogP contribution < -0.4 is 16.2 Å². The number of pyridine rings is 1. The molecule has 1 aromatic carbocycles. The number of nitrogens with zero attached hydrogens (tertiary/aromatic N) is 1. The van der Waals surface area contributed by atoms with Crippen LogP contribution in [0.3, 0.4) is 0 Å². The lowest BCUT2D eigenvalue weighted by Gasteiger charge is -2.21. The fourth-order valence-corrected chi connectivity index (χ4v) is 3.00. The van der Waals surface area contributed by atoms with Gasteiger partial charge in [-0.3, -0.25) is 15.2 Å². The normalized spacial score (nSPS) is 23.2. The standard InChI is InChI=1S/C18H21FN4O/c1-12-16(10-17(24)21-11-15-4-2-3-9-20-15)18(23-22-12)13-5-7-14(19)8-6-13/h2-9,12,16,18,22-23H,10-11H2,1H3,(H,21,24). The Bertz CT molecular complexity index is 677. The monoisotopic (exact) mass is 328 g/mol. The molecular weight excluding hydrogens is 307 g/mol. The average molecular weight is 328 g/mol. The first-order valence-electron chi connectivity index (χ1n) is 8.06. The Morgan fingerprint density at radius 1 is 1.21 bits per heavy atom. The van der Waals surface area contributed by atoms with Gasteiger partial charge in [-0.15, -0.1) is 0 Å². The van der Waals surface area contributed by atoms with Gasteiger partial charge in [-0.05, 0) is 36.8 Å². The van der Waals surface area contributed by atoms with Crippen LogP contribution in [-0.2, 0) is 11.3 Å². The van der Waals surface area contributed by atoms with Gasteiger partial charge in [0.25, 0.3) is 0 Å². The van der Waals surface area contributed by atoms with Gasteiger partial charge in [0.15, 0.2) is 0 Å². The first-order chi connectivity index (χ1) is 11.6. The summed E-state index contributed by atoms with van der Waals surface area (Å²) in [4.78, 5) is 16.5. The van der Waals surface area contributed by atoms with Crippen LogP contribution in [0.25, 0.3) is 0 Å². The molecule has 0 radical (unpaired) electrons. The van der Waals surface area contributed by atoms with Crippen molar-refractivity contribution >= 4 is 5.91 Å². The Morgan fingerprint density at radius 3 is 2.71 bits per heavy atom. The Kier molecular flexibility index (Phi) is 5.17. The van der Waals surface area contributed by atoms with Crippen molar-refractivity contribution in [1.82, 2.24) is 21.2 Å². The highest BCUT2D eigenvalue weighted by Crippen LogP contribution is 2.31. The zero-order valence-electron chi connectivity index (χ0n) is 13.5. The molecule has 1 fully saturated rings. The minimum absolute atomic E-state index is 0.0184. The Morgan fingerprint density at radius 2 is 2.00 bits per heavy atom. The van der Waals surface area contributed by atoms with Gasteiger partial charge >= 0.3 is 0 Å². The summed E-state index contributed by atoms with van der Waals surface area (Å²) < 4.78 is 13.1. The van der Waals surface area contributed by atoms with E-state index in [1.807, 2.05) is 25.1 Å². The number of rotatable bonds is 5. The van der Waals surface area contributed by atoms with E-state index in [9.17, 15) is 9.18 Å². The van der Waals surface area contributed by atoms with Crippen LogP contribution in [-0.4, -0.2) is 16.9 Å². The highest BCUT2D eigenvalue weighted by molar-refractivity contribution is 5.76. The summed E-state index contributed by atoms with van der Waals surface area (Å²) in [5, 5.41) is 2.91. The summed E-state index contributed by atoms with van der Waals surface area (Å²) >= 11 is 0. The van der Waals surface area contributed by atoms with Crippen molar-refractivity contribution in [1.29, 1.82) is 0 Å². The molecule has 0 bridgehead atoms. The third-order valence-electron chi connectivity index (χ3n) is 4.38. The van der Waals surface area contributed by atoms with Crippen molar-refractivity contribution in [2.24, 2.45) is 5.92 Å². The van der Waals surface area contributed by atoms with Gasteiger partial charge in [-0.25, -0.2) is 9.82 Å². The lowest BCUT2D eigenvalue weighted by atomic mass is 9.87. The molecule has 6 heteroatoms. The van der Waals surface area contributed by atoms with Crippen molar-refractivity contribution in [3.8, 4) is 0 Å². The number of carbonyl (C=O) groups is 1. The molecule has 1 saturated heterocycles. The van der Waals surface area contributed by atoms with Crippen LogP contribution in [0.2, 0.25) is 0 Å². The van der Waals surface area contributed by atoms with E-state index in [0.29, 0.717) is 13.0 Å². The number of nitrogens with one attached hydrogen (secondary N) is 3. The summed E-state index contributed by atoms with van der Waals surface area (Å²) in [5.41, 5.74) is 8.18. The highest BCUT2D eigenvalue weighted by atomic mass is 19.1. The first kappa shape index (κ1) is 16.5. The van der Waals surface area contributed by atoms with Crippen LogP contribution >= 0.6 is 0 Å². The number of hydrogen-bond acceptors (Lipinski definition) is 4. The van der Waals surface area contributed by atoms with Gasteiger partial charge in [0.05, 0.1) is 18.3 Å². The summed E-state index contributed by atoms with van der Waals surface area (Å²) in [6.45, 7) is 2.45. The maximum atomic E-state index is 13.1. The molecule has 3 atom stereocenters. The van der Waals surface area contributed by atoms with E-state index in [-0.39, 0.29) is 29.7 Å². The summed E-state index contributed by atoms with van der Waals surface area (Å²) in [6.07, 6.45) is 2.09. The number of benzene rings is 1. The Balaban J connectivity index is 1.61. The largest absolute Gasteiger partial charge is 0.350 e. The number of amides is 1. The van der Waals surface area contributed by atoms with E-state index in [1.54, 1.807) is 18.3 Å². The molecule has 3 rings (SSSR count). The Labute approximate surface area is 140 Å². The van der Waals surface area contributed by atoms with E-state index in [1.165, 1.54) is 12.1 Å². The quantitative estimate of drug-likeness (QED) is 0.786. The minimum Gasteiger partial charge on any atom is -0.350 e. The lowest BCUT2D eigenvalue weighted by molar-refractivity contribution is -0.122. The first-order valence-corrected chi connectivity index (χ1v) is 8.06. The molecular formula is C18H21FN4O. The van der Waals surface area contributed by atoms with Gasteiger partial charge in [-0.1, -0.05) is 18.2 Å². The number of carbonyl (C=O) groups excluding carboxylic acids is 1. The number of hydrazine groups is 1. The molecule has 1 aliphatic heterocycles. The van der Waals surface area contributed by atoms with Gasteiger partial charge in [-0.2, -0.15) is 0 Å². The maximum Gasteiger partial charge on any atom is 0.220 e. The average Bonchev–Trinajstić information content (AvgIpc) is 2.95. The van der Waals surface area contributed by atoms with Crippen molar-refractivity contribution in [2.75, 3.05) is 0 Å². The molecule has 2 heterocycles. The number of hydrogen-bond donors (Lipinski definition) is 3. The van der Waals surface area contributed by atoms with Crippen molar-refractivity contribution < 1.29 is 9.18 Å². The maximum absolute atomic E-state index is 13.1. The number of aromatic nitrogens is 1. The minimum atomic E-state index is -0.262. The molecule has 5 nitrogen and oxygen atoms in total. The van der Waals surface area contributed by atoms with E-state index >= 15 is 0 Å². The predicted molar refractivity (Wildman–Crippen MR) is 89.1 cm³/mol. The van der Waals surface area contributed by atoms with Crippen molar-refractivity contribution in [3.05, 3.63) is 65.7 Å². The van der Waals surface area contributed by atoms with Crippen LogP contribution in [0.5, 0.6) is 0 Å². The Hall–Kier alpha value is -2.31. The molecule has 0 spiro atoms. The highest BCUT2D eigenvalue weighted by Gasteiger charge is 2.35.